The fraction of sp³-hybridized carbons (Fsp3) is 0.444. The maximum atomic E-state index is 10.8. The van der Waals surface area contributed by atoms with Crippen molar-refractivity contribution in [2.24, 2.45) is 0 Å². The van der Waals surface area contributed by atoms with Crippen LogP contribution in [-0.4, -0.2) is 25.8 Å². The van der Waals surface area contributed by atoms with E-state index in [2.05, 4.69) is 9.97 Å². The second-order valence-corrected chi connectivity index (χ2v) is 4.90. The molecule has 0 unspecified atom stereocenters. The van der Waals surface area contributed by atoms with E-state index in [1.807, 2.05) is 0 Å². The van der Waals surface area contributed by atoms with Crippen LogP contribution in [0.15, 0.2) is 18.6 Å². The van der Waals surface area contributed by atoms with Gasteiger partial charge >= 0.3 is 5.97 Å². The standard InChI is InChI=1S/C9H12N2O2S/c1-9(2,8(12)13)14-6-7-5-10-3-4-11-7/h3-5H,6H2,1-2H3,(H,12,13). The Labute approximate surface area is 86.8 Å². The first-order chi connectivity index (χ1) is 6.52. The summed E-state index contributed by atoms with van der Waals surface area (Å²) >= 11 is 1.34. The molecule has 1 rings (SSSR count). The normalized spacial score (nSPS) is 11.3. The lowest BCUT2D eigenvalue weighted by Gasteiger charge is -2.17. The Hall–Kier alpha value is -1.10. The summed E-state index contributed by atoms with van der Waals surface area (Å²) in [7, 11) is 0. The maximum Gasteiger partial charge on any atom is 0.319 e. The number of rotatable bonds is 4. The number of thioether (sulfide) groups is 1. The van der Waals surface area contributed by atoms with Gasteiger partial charge in [-0.25, -0.2) is 0 Å². The third-order valence-corrected chi connectivity index (χ3v) is 3.05. The van der Waals surface area contributed by atoms with Crippen molar-refractivity contribution < 1.29 is 9.90 Å². The van der Waals surface area contributed by atoms with Crippen LogP contribution < -0.4 is 0 Å². The SMILES string of the molecule is CC(C)(SCc1cnccn1)C(=O)O. The van der Waals surface area contributed by atoms with Crippen LogP contribution >= 0.6 is 11.8 Å². The molecule has 0 saturated carbocycles. The average molecular weight is 212 g/mol. The molecule has 0 spiro atoms. The number of nitrogens with zero attached hydrogens (tertiary/aromatic N) is 2. The van der Waals surface area contributed by atoms with Crippen molar-refractivity contribution in [3.05, 3.63) is 24.3 Å². The van der Waals surface area contributed by atoms with Gasteiger partial charge in [0.1, 0.15) is 4.75 Å². The molecule has 0 aliphatic heterocycles. The van der Waals surface area contributed by atoms with Gasteiger partial charge in [-0.15, -0.1) is 11.8 Å². The van der Waals surface area contributed by atoms with Crippen LogP contribution in [0.3, 0.4) is 0 Å². The van der Waals surface area contributed by atoms with E-state index in [4.69, 9.17) is 5.11 Å². The minimum atomic E-state index is -0.814. The van der Waals surface area contributed by atoms with Gasteiger partial charge < -0.3 is 5.11 Å². The summed E-state index contributed by atoms with van der Waals surface area (Å²) in [6.07, 6.45) is 4.84. The van der Waals surface area contributed by atoms with Gasteiger partial charge in [0.25, 0.3) is 0 Å². The van der Waals surface area contributed by atoms with Gasteiger partial charge in [0.05, 0.1) is 5.69 Å². The summed E-state index contributed by atoms with van der Waals surface area (Å²) in [5, 5.41) is 8.86. The molecule has 1 N–H and O–H groups in total. The van der Waals surface area contributed by atoms with Gasteiger partial charge in [-0.05, 0) is 13.8 Å². The summed E-state index contributed by atoms with van der Waals surface area (Å²) in [6, 6.07) is 0. The van der Waals surface area contributed by atoms with Crippen molar-refractivity contribution in [2.45, 2.75) is 24.3 Å². The van der Waals surface area contributed by atoms with Gasteiger partial charge in [0, 0.05) is 24.3 Å². The first kappa shape index (κ1) is 11.0. The lowest BCUT2D eigenvalue weighted by Crippen LogP contribution is -2.27. The maximum absolute atomic E-state index is 10.8. The number of carboxylic acid groups (broad SMARTS) is 1. The van der Waals surface area contributed by atoms with Crippen LogP contribution in [0.4, 0.5) is 0 Å². The molecule has 0 aliphatic rings. The Bertz CT molecular complexity index is 314. The van der Waals surface area contributed by atoms with E-state index in [9.17, 15) is 4.79 Å². The number of aliphatic carboxylic acids is 1. The Kier molecular flexibility index (Phi) is 3.46. The highest BCUT2D eigenvalue weighted by atomic mass is 32.2. The van der Waals surface area contributed by atoms with Crippen molar-refractivity contribution in [1.29, 1.82) is 0 Å². The largest absolute Gasteiger partial charge is 0.480 e. The molecule has 1 aromatic heterocycles. The Morgan fingerprint density at radius 2 is 2.29 bits per heavy atom. The number of hydrogen-bond acceptors (Lipinski definition) is 4. The molecule has 76 valence electrons. The van der Waals surface area contributed by atoms with E-state index in [0.717, 1.165) is 5.69 Å². The molecular weight excluding hydrogens is 200 g/mol. The second-order valence-electron chi connectivity index (χ2n) is 3.30. The molecule has 0 aliphatic carbocycles. The molecule has 1 aromatic rings. The third kappa shape index (κ3) is 2.99. The molecule has 0 bridgehead atoms. The third-order valence-electron chi connectivity index (χ3n) is 1.71. The molecule has 0 fully saturated rings. The van der Waals surface area contributed by atoms with Crippen LogP contribution in [0.2, 0.25) is 0 Å². The molecule has 5 heteroatoms. The first-order valence-corrected chi connectivity index (χ1v) is 5.13. The van der Waals surface area contributed by atoms with Crippen molar-refractivity contribution in [3.63, 3.8) is 0 Å². The molecular formula is C9H12N2O2S. The van der Waals surface area contributed by atoms with E-state index in [-0.39, 0.29) is 0 Å². The summed E-state index contributed by atoms with van der Waals surface area (Å²) in [5.41, 5.74) is 0.798. The van der Waals surface area contributed by atoms with Crippen LogP contribution in [0, 0.1) is 0 Å². The zero-order valence-corrected chi connectivity index (χ0v) is 8.91. The second kappa shape index (κ2) is 4.41. The lowest BCUT2D eigenvalue weighted by molar-refractivity contribution is -0.138. The van der Waals surface area contributed by atoms with Gasteiger partial charge in [-0.3, -0.25) is 14.8 Å². The Balaban J connectivity index is 2.53. The number of aromatic nitrogens is 2. The fourth-order valence-corrected chi connectivity index (χ4v) is 1.50. The zero-order chi connectivity index (χ0) is 10.6. The van der Waals surface area contributed by atoms with Gasteiger partial charge in [0.2, 0.25) is 0 Å². The van der Waals surface area contributed by atoms with Crippen molar-refractivity contribution in [2.75, 3.05) is 0 Å². The van der Waals surface area contributed by atoms with Gasteiger partial charge in [-0.1, -0.05) is 0 Å². The zero-order valence-electron chi connectivity index (χ0n) is 8.10. The minimum Gasteiger partial charge on any atom is -0.480 e. The first-order valence-electron chi connectivity index (χ1n) is 4.14. The quantitative estimate of drug-likeness (QED) is 0.820. The monoisotopic (exact) mass is 212 g/mol. The molecule has 14 heavy (non-hydrogen) atoms. The highest BCUT2D eigenvalue weighted by Gasteiger charge is 2.27. The van der Waals surface area contributed by atoms with E-state index < -0.39 is 10.7 Å². The smallest absolute Gasteiger partial charge is 0.319 e. The molecule has 0 aromatic carbocycles. The fourth-order valence-electron chi connectivity index (χ4n) is 0.721. The van der Waals surface area contributed by atoms with E-state index in [1.54, 1.807) is 32.4 Å². The minimum absolute atomic E-state index is 0.563. The number of carboxylic acids is 1. The molecule has 0 atom stereocenters. The predicted molar refractivity (Wildman–Crippen MR) is 55.0 cm³/mol. The van der Waals surface area contributed by atoms with Crippen molar-refractivity contribution in [1.82, 2.24) is 9.97 Å². The van der Waals surface area contributed by atoms with E-state index >= 15 is 0 Å². The van der Waals surface area contributed by atoms with Crippen LogP contribution in [0.25, 0.3) is 0 Å². The molecule has 0 saturated heterocycles. The van der Waals surface area contributed by atoms with Crippen LogP contribution in [-0.2, 0) is 10.5 Å². The number of hydrogen-bond donors (Lipinski definition) is 1. The summed E-state index contributed by atoms with van der Waals surface area (Å²) in [5.74, 6) is -0.251. The average Bonchev–Trinajstić information content (AvgIpc) is 2.16. The van der Waals surface area contributed by atoms with Crippen molar-refractivity contribution in [3.8, 4) is 0 Å². The topological polar surface area (TPSA) is 63.1 Å². The summed E-state index contributed by atoms with van der Waals surface area (Å²) in [4.78, 5) is 18.8. The number of carbonyl (C=O) groups is 1. The highest BCUT2D eigenvalue weighted by molar-refractivity contribution is 8.00. The molecule has 4 nitrogen and oxygen atoms in total. The predicted octanol–water partition coefficient (Wildman–Crippen LogP) is 1.57. The molecule has 0 radical (unpaired) electrons. The highest BCUT2D eigenvalue weighted by Crippen LogP contribution is 2.27. The Morgan fingerprint density at radius 3 is 2.79 bits per heavy atom. The lowest BCUT2D eigenvalue weighted by atomic mass is 10.2. The van der Waals surface area contributed by atoms with Gasteiger partial charge in [0.15, 0.2) is 0 Å². The van der Waals surface area contributed by atoms with E-state index in [1.165, 1.54) is 11.8 Å². The van der Waals surface area contributed by atoms with Crippen LogP contribution in [0.1, 0.15) is 19.5 Å². The Morgan fingerprint density at radius 1 is 1.57 bits per heavy atom. The molecule has 0 amide bonds. The van der Waals surface area contributed by atoms with E-state index in [0.29, 0.717) is 5.75 Å². The molecule has 1 heterocycles. The van der Waals surface area contributed by atoms with Crippen molar-refractivity contribution >= 4 is 17.7 Å². The van der Waals surface area contributed by atoms with Crippen LogP contribution in [0.5, 0.6) is 0 Å². The summed E-state index contributed by atoms with van der Waals surface area (Å²) in [6.45, 7) is 3.35. The summed E-state index contributed by atoms with van der Waals surface area (Å²) < 4.78 is -0.780. The van der Waals surface area contributed by atoms with Gasteiger partial charge in [-0.2, -0.15) is 0 Å².